The van der Waals surface area contributed by atoms with E-state index in [-0.39, 0.29) is 5.41 Å². The number of rotatable bonds is 5. The first-order chi connectivity index (χ1) is 8.70. The number of hydrogen-bond donors (Lipinski definition) is 1. The second-order valence-corrected chi connectivity index (χ2v) is 4.75. The predicted molar refractivity (Wildman–Crippen MR) is 70.7 cm³/mol. The molecule has 100 valence electrons. The second kappa shape index (κ2) is 5.06. The zero-order chi connectivity index (χ0) is 13.2. The van der Waals surface area contributed by atoms with E-state index < -0.39 is 0 Å². The molecular formula is C14H21NO3. The molecule has 1 aromatic carbocycles. The quantitative estimate of drug-likeness (QED) is 0.870. The van der Waals surface area contributed by atoms with Gasteiger partial charge >= 0.3 is 0 Å². The van der Waals surface area contributed by atoms with Gasteiger partial charge in [0.2, 0.25) is 5.75 Å². The van der Waals surface area contributed by atoms with Crippen LogP contribution in [0.4, 0.5) is 0 Å². The summed E-state index contributed by atoms with van der Waals surface area (Å²) in [6, 6.07) is 4.04. The smallest absolute Gasteiger partial charge is 0.203 e. The predicted octanol–water partition coefficient (Wildman–Crippen LogP) is 2.09. The normalized spacial score (nSPS) is 16.9. The maximum Gasteiger partial charge on any atom is 0.203 e. The monoisotopic (exact) mass is 251 g/mol. The number of hydrogen-bond acceptors (Lipinski definition) is 4. The molecule has 2 N–H and O–H groups in total. The summed E-state index contributed by atoms with van der Waals surface area (Å²) in [7, 11) is 4.88. The van der Waals surface area contributed by atoms with Crippen LogP contribution in [-0.2, 0) is 5.41 Å². The maximum absolute atomic E-state index is 5.94. The summed E-state index contributed by atoms with van der Waals surface area (Å²) in [5, 5.41) is 0. The Morgan fingerprint density at radius 1 is 1.06 bits per heavy atom. The van der Waals surface area contributed by atoms with Crippen LogP contribution in [0.15, 0.2) is 12.1 Å². The second-order valence-electron chi connectivity index (χ2n) is 4.75. The van der Waals surface area contributed by atoms with E-state index in [9.17, 15) is 0 Å². The average Bonchev–Trinajstić information content (AvgIpc) is 2.36. The van der Waals surface area contributed by atoms with Crippen LogP contribution in [0, 0.1) is 0 Å². The van der Waals surface area contributed by atoms with E-state index in [1.54, 1.807) is 21.3 Å². The van der Waals surface area contributed by atoms with Crippen molar-refractivity contribution in [2.45, 2.75) is 24.7 Å². The van der Waals surface area contributed by atoms with Crippen molar-refractivity contribution in [3.63, 3.8) is 0 Å². The van der Waals surface area contributed by atoms with Gasteiger partial charge in [0.1, 0.15) is 0 Å². The lowest BCUT2D eigenvalue weighted by Crippen LogP contribution is -2.41. The first-order valence-corrected chi connectivity index (χ1v) is 6.21. The fourth-order valence-corrected chi connectivity index (χ4v) is 2.60. The van der Waals surface area contributed by atoms with E-state index in [0.717, 1.165) is 12.8 Å². The molecule has 0 aromatic heterocycles. The van der Waals surface area contributed by atoms with Gasteiger partial charge in [-0.05, 0) is 30.5 Å². The van der Waals surface area contributed by atoms with Gasteiger partial charge in [0.05, 0.1) is 21.3 Å². The summed E-state index contributed by atoms with van der Waals surface area (Å²) in [6.07, 6.45) is 3.48. The lowest BCUT2D eigenvalue weighted by atomic mass is 9.64. The number of benzene rings is 1. The Morgan fingerprint density at radius 2 is 1.61 bits per heavy atom. The lowest BCUT2D eigenvalue weighted by molar-refractivity contribution is 0.249. The molecule has 4 nitrogen and oxygen atoms in total. The fourth-order valence-electron chi connectivity index (χ4n) is 2.60. The topological polar surface area (TPSA) is 53.7 Å². The van der Waals surface area contributed by atoms with E-state index in [4.69, 9.17) is 19.9 Å². The van der Waals surface area contributed by atoms with Crippen LogP contribution in [-0.4, -0.2) is 27.9 Å². The Kier molecular flexibility index (Phi) is 3.66. The van der Waals surface area contributed by atoms with E-state index in [0.29, 0.717) is 23.8 Å². The molecule has 0 saturated heterocycles. The van der Waals surface area contributed by atoms with Gasteiger partial charge in [0.25, 0.3) is 0 Å². The Labute approximate surface area is 108 Å². The molecule has 1 aliphatic rings. The summed E-state index contributed by atoms with van der Waals surface area (Å²) in [4.78, 5) is 0. The molecular weight excluding hydrogens is 230 g/mol. The summed E-state index contributed by atoms with van der Waals surface area (Å²) in [5.74, 6) is 2.04. The molecule has 1 aromatic rings. The van der Waals surface area contributed by atoms with Crippen molar-refractivity contribution in [3.05, 3.63) is 17.7 Å². The van der Waals surface area contributed by atoms with E-state index >= 15 is 0 Å². The average molecular weight is 251 g/mol. The van der Waals surface area contributed by atoms with Gasteiger partial charge in [-0.2, -0.15) is 0 Å². The molecule has 18 heavy (non-hydrogen) atoms. The Bertz CT molecular complexity index is 397. The van der Waals surface area contributed by atoms with Crippen LogP contribution in [0.2, 0.25) is 0 Å². The van der Waals surface area contributed by atoms with Crippen molar-refractivity contribution in [3.8, 4) is 17.2 Å². The van der Waals surface area contributed by atoms with Crippen LogP contribution < -0.4 is 19.9 Å². The molecule has 1 aliphatic carbocycles. The van der Waals surface area contributed by atoms with Gasteiger partial charge < -0.3 is 19.9 Å². The molecule has 0 bridgehead atoms. The highest BCUT2D eigenvalue weighted by Crippen LogP contribution is 2.48. The van der Waals surface area contributed by atoms with Crippen molar-refractivity contribution in [1.82, 2.24) is 0 Å². The van der Waals surface area contributed by atoms with Gasteiger partial charge in [0, 0.05) is 12.0 Å². The van der Waals surface area contributed by atoms with E-state index in [2.05, 4.69) is 0 Å². The lowest BCUT2D eigenvalue weighted by Gasteiger charge is -2.41. The van der Waals surface area contributed by atoms with Crippen LogP contribution in [0.5, 0.6) is 17.2 Å². The minimum absolute atomic E-state index is 0.0901. The standard InChI is InChI=1S/C14H21NO3/c1-16-11-7-10(14(9-15)5-4-6-14)8-12(17-2)13(11)18-3/h7-8H,4-6,9,15H2,1-3H3. The number of nitrogens with two attached hydrogens (primary N) is 1. The third-order valence-corrected chi connectivity index (χ3v) is 3.98. The highest BCUT2D eigenvalue weighted by atomic mass is 16.5. The van der Waals surface area contributed by atoms with Crippen molar-refractivity contribution < 1.29 is 14.2 Å². The first-order valence-electron chi connectivity index (χ1n) is 6.21. The molecule has 4 heteroatoms. The van der Waals surface area contributed by atoms with Crippen LogP contribution in [0.25, 0.3) is 0 Å². The third-order valence-electron chi connectivity index (χ3n) is 3.98. The third kappa shape index (κ3) is 1.90. The van der Waals surface area contributed by atoms with Gasteiger partial charge in [-0.3, -0.25) is 0 Å². The van der Waals surface area contributed by atoms with E-state index in [1.165, 1.54) is 12.0 Å². The van der Waals surface area contributed by atoms with Crippen molar-refractivity contribution >= 4 is 0 Å². The highest BCUT2D eigenvalue weighted by Gasteiger charge is 2.38. The molecule has 0 unspecified atom stereocenters. The van der Waals surface area contributed by atoms with Gasteiger partial charge in [-0.1, -0.05) is 6.42 Å². The minimum Gasteiger partial charge on any atom is -0.493 e. The summed E-state index contributed by atoms with van der Waals surface area (Å²) in [6.45, 7) is 0.658. The molecule has 1 fully saturated rings. The van der Waals surface area contributed by atoms with Gasteiger partial charge in [0.15, 0.2) is 11.5 Å². The first kappa shape index (κ1) is 13.0. The Balaban J connectivity index is 2.49. The maximum atomic E-state index is 5.94. The molecule has 0 aliphatic heterocycles. The summed E-state index contributed by atoms with van der Waals surface area (Å²) < 4.78 is 16.1. The largest absolute Gasteiger partial charge is 0.493 e. The summed E-state index contributed by atoms with van der Waals surface area (Å²) >= 11 is 0. The Hall–Kier alpha value is -1.42. The molecule has 1 saturated carbocycles. The fraction of sp³-hybridized carbons (Fsp3) is 0.571. The zero-order valence-corrected chi connectivity index (χ0v) is 11.3. The number of ether oxygens (including phenoxy) is 3. The molecule has 0 heterocycles. The van der Waals surface area contributed by atoms with Crippen molar-refractivity contribution in [1.29, 1.82) is 0 Å². The molecule has 0 radical (unpaired) electrons. The summed E-state index contributed by atoms with van der Waals surface area (Å²) in [5.41, 5.74) is 7.22. The van der Waals surface area contributed by atoms with Crippen LogP contribution in [0.3, 0.4) is 0 Å². The SMILES string of the molecule is COc1cc(C2(CN)CCC2)cc(OC)c1OC. The molecule has 0 amide bonds. The van der Waals surface area contributed by atoms with Gasteiger partial charge in [-0.25, -0.2) is 0 Å². The van der Waals surface area contributed by atoms with Crippen LogP contribution >= 0.6 is 0 Å². The van der Waals surface area contributed by atoms with E-state index in [1.807, 2.05) is 12.1 Å². The zero-order valence-electron chi connectivity index (χ0n) is 11.3. The number of methoxy groups -OCH3 is 3. The molecule has 0 atom stereocenters. The minimum atomic E-state index is 0.0901. The van der Waals surface area contributed by atoms with Gasteiger partial charge in [-0.15, -0.1) is 0 Å². The van der Waals surface area contributed by atoms with Crippen molar-refractivity contribution in [2.75, 3.05) is 27.9 Å². The molecule has 0 spiro atoms. The molecule has 2 rings (SSSR count). The van der Waals surface area contributed by atoms with Crippen molar-refractivity contribution in [2.24, 2.45) is 5.73 Å². The highest BCUT2D eigenvalue weighted by molar-refractivity contribution is 5.55. The Morgan fingerprint density at radius 3 is 1.89 bits per heavy atom. The van der Waals surface area contributed by atoms with Crippen LogP contribution in [0.1, 0.15) is 24.8 Å².